The molecule has 1 amide bonds. The van der Waals surface area contributed by atoms with Crippen molar-refractivity contribution in [3.05, 3.63) is 58.4 Å². The third kappa shape index (κ3) is 3.19. The second-order valence-corrected chi connectivity index (χ2v) is 7.57. The SMILES string of the molecule is CCOC(=O)c1c(C)[nH]c(NC(=O)/C=C2\N(C)c3ccccc3C2(C)C)c1C. The largest absolute Gasteiger partial charge is 0.462 e. The summed E-state index contributed by atoms with van der Waals surface area (Å²) in [5, 5.41) is 2.88. The standard InChI is InChI=1S/C22H27N3O3/c1-7-28-21(27)19-13(2)20(23-14(19)3)24-18(26)12-17-22(4,5)15-10-8-9-11-16(15)25(17)6/h8-12,23H,7H2,1-6H3,(H,24,26)/b17-12-. The van der Waals surface area contributed by atoms with Gasteiger partial charge in [0.25, 0.3) is 5.91 Å². The Labute approximate surface area is 165 Å². The molecule has 0 fully saturated rings. The molecule has 3 rings (SSSR count). The van der Waals surface area contributed by atoms with Crippen molar-refractivity contribution in [2.75, 3.05) is 23.9 Å². The molecule has 1 aromatic carbocycles. The molecule has 2 aromatic rings. The van der Waals surface area contributed by atoms with Crippen LogP contribution in [-0.4, -0.2) is 30.5 Å². The number of esters is 1. The van der Waals surface area contributed by atoms with E-state index in [1.54, 1.807) is 26.8 Å². The van der Waals surface area contributed by atoms with Gasteiger partial charge in [-0.3, -0.25) is 4.79 Å². The molecule has 0 spiro atoms. The first-order chi connectivity index (χ1) is 13.2. The van der Waals surface area contributed by atoms with Crippen LogP contribution in [0.1, 0.15) is 48.0 Å². The highest BCUT2D eigenvalue weighted by Gasteiger charge is 2.38. The van der Waals surface area contributed by atoms with Gasteiger partial charge in [0.2, 0.25) is 0 Å². The fourth-order valence-electron chi connectivity index (χ4n) is 3.93. The minimum atomic E-state index is -0.389. The number of para-hydroxylation sites is 1. The Morgan fingerprint density at radius 3 is 2.57 bits per heavy atom. The summed E-state index contributed by atoms with van der Waals surface area (Å²) in [6.07, 6.45) is 1.62. The van der Waals surface area contributed by atoms with Crippen molar-refractivity contribution in [1.82, 2.24) is 4.98 Å². The summed E-state index contributed by atoms with van der Waals surface area (Å²) in [5.41, 5.74) is 4.73. The van der Waals surface area contributed by atoms with Crippen LogP contribution < -0.4 is 10.2 Å². The number of aromatic amines is 1. The quantitative estimate of drug-likeness (QED) is 0.619. The predicted octanol–water partition coefficient (Wildman–Crippen LogP) is 4.06. The van der Waals surface area contributed by atoms with Crippen molar-refractivity contribution in [2.24, 2.45) is 0 Å². The fourth-order valence-corrected chi connectivity index (χ4v) is 3.93. The number of anilines is 2. The fraction of sp³-hybridized carbons (Fsp3) is 0.364. The molecule has 0 aliphatic carbocycles. The minimum absolute atomic E-state index is 0.248. The molecule has 1 aliphatic rings. The zero-order valence-corrected chi connectivity index (χ0v) is 17.3. The molecule has 0 bridgehead atoms. The van der Waals surface area contributed by atoms with Gasteiger partial charge in [0.15, 0.2) is 0 Å². The van der Waals surface area contributed by atoms with Gasteiger partial charge in [0, 0.05) is 41.2 Å². The summed E-state index contributed by atoms with van der Waals surface area (Å²) >= 11 is 0. The molecule has 0 unspecified atom stereocenters. The topological polar surface area (TPSA) is 74.4 Å². The van der Waals surface area contributed by atoms with E-state index in [0.717, 1.165) is 11.4 Å². The van der Waals surface area contributed by atoms with E-state index in [9.17, 15) is 9.59 Å². The molecule has 28 heavy (non-hydrogen) atoms. The highest BCUT2D eigenvalue weighted by Crippen LogP contribution is 2.46. The lowest BCUT2D eigenvalue weighted by atomic mass is 9.84. The van der Waals surface area contributed by atoms with E-state index >= 15 is 0 Å². The van der Waals surface area contributed by atoms with Gasteiger partial charge in [-0.15, -0.1) is 0 Å². The molecule has 0 atom stereocenters. The lowest BCUT2D eigenvalue weighted by molar-refractivity contribution is -0.112. The maximum absolute atomic E-state index is 12.8. The average molecular weight is 381 g/mol. The van der Waals surface area contributed by atoms with Crippen LogP contribution in [0.25, 0.3) is 0 Å². The molecule has 1 aliphatic heterocycles. The summed E-state index contributed by atoms with van der Waals surface area (Å²) in [5.74, 6) is -0.124. The molecule has 2 heterocycles. The van der Waals surface area contributed by atoms with Gasteiger partial charge >= 0.3 is 5.97 Å². The Bertz CT molecular complexity index is 969. The number of amides is 1. The molecule has 2 N–H and O–H groups in total. The first-order valence-electron chi connectivity index (χ1n) is 9.41. The van der Waals surface area contributed by atoms with E-state index in [1.165, 1.54) is 5.56 Å². The van der Waals surface area contributed by atoms with Crippen molar-refractivity contribution >= 4 is 23.4 Å². The van der Waals surface area contributed by atoms with Crippen LogP contribution in [0.4, 0.5) is 11.5 Å². The van der Waals surface area contributed by atoms with Crippen LogP contribution in [0.15, 0.2) is 36.0 Å². The van der Waals surface area contributed by atoms with Gasteiger partial charge in [0.1, 0.15) is 5.82 Å². The molecule has 6 nitrogen and oxygen atoms in total. The molecule has 0 radical (unpaired) electrons. The van der Waals surface area contributed by atoms with Crippen LogP contribution in [-0.2, 0) is 14.9 Å². The number of H-pyrrole nitrogens is 1. The van der Waals surface area contributed by atoms with Crippen molar-refractivity contribution in [3.63, 3.8) is 0 Å². The maximum Gasteiger partial charge on any atom is 0.340 e. The number of hydrogen-bond donors (Lipinski definition) is 2. The van der Waals surface area contributed by atoms with Gasteiger partial charge in [0.05, 0.1) is 12.2 Å². The third-order valence-electron chi connectivity index (χ3n) is 5.37. The van der Waals surface area contributed by atoms with Gasteiger partial charge in [-0.05, 0) is 32.4 Å². The lowest BCUT2D eigenvalue weighted by Gasteiger charge is -2.24. The van der Waals surface area contributed by atoms with Crippen molar-refractivity contribution in [1.29, 1.82) is 0 Å². The maximum atomic E-state index is 12.8. The first kappa shape index (κ1) is 19.7. The number of nitrogens with one attached hydrogen (secondary N) is 2. The summed E-state index contributed by atoms with van der Waals surface area (Å²) in [6, 6.07) is 8.16. The predicted molar refractivity (Wildman–Crippen MR) is 111 cm³/mol. The van der Waals surface area contributed by atoms with E-state index in [-0.39, 0.29) is 17.3 Å². The Kier molecular flexibility index (Phi) is 5.06. The monoisotopic (exact) mass is 381 g/mol. The van der Waals surface area contributed by atoms with Gasteiger partial charge in [-0.25, -0.2) is 4.79 Å². The van der Waals surface area contributed by atoms with Gasteiger partial charge in [-0.2, -0.15) is 0 Å². The number of carbonyl (C=O) groups is 2. The summed E-state index contributed by atoms with van der Waals surface area (Å²) < 4.78 is 5.10. The molecule has 0 saturated heterocycles. The van der Waals surface area contributed by atoms with Gasteiger partial charge in [-0.1, -0.05) is 32.0 Å². The number of benzene rings is 1. The summed E-state index contributed by atoms with van der Waals surface area (Å²) in [7, 11) is 1.97. The minimum Gasteiger partial charge on any atom is -0.462 e. The zero-order chi connectivity index (χ0) is 20.6. The third-order valence-corrected chi connectivity index (χ3v) is 5.37. The van der Waals surface area contributed by atoms with Crippen LogP contribution >= 0.6 is 0 Å². The Hall–Kier alpha value is -3.02. The Morgan fingerprint density at radius 1 is 1.25 bits per heavy atom. The highest BCUT2D eigenvalue weighted by atomic mass is 16.5. The number of hydrogen-bond acceptors (Lipinski definition) is 4. The van der Waals surface area contributed by atoms with E-state index in [1.807, 2.05) is 24.1 Å². The lowest BCUT2D eigenvalue weighted by Crippen LogP contribution is -2.25. The number of allylic oxidation sites excluding steroid dienone is 1. The number of nitrogens with zero attached hydrogens (tertiary/aromatic N) is 1. The number of aryl methyl sites for hydroxylation is 1. The van der Waals surface area contributed by atoms with E-state index in [0.29, 0.717) is 29.2 Å². The first-order valence-corrected chi connectivity index (χ1v) is 9.41. The smallest absolute Gasteiger partial charge is 0.340 e. The van der Waals surface area contributed by atoms with Crippen LogP contribution in [0.5, 0.6) is 0 Å². The van der Waals surface area contributed by atoms with E-state index < -0.39 is 0 Å². The van der Waals surface area contributed by atoms with Crippen molar-refractivity contribution in [2.45, 2.75) is 40.0 Å². The van der Waals surface area contributed by atoms with E-state index in [2.05, 4.69) is 36.3 Å². The normalized spacial score (nSPS) is 16.2. The molecular weight excluding hydrogens is 354 g/mol. The summed E-state index contributed by atoms with van der Waals surface area (Å²) in [6.45, 7) is 9.87. The van der Waals surface area contributed by atoms with Crippen molar-refractivity contribution < 1.29 is 14.3 Å². The second kappa shape index (κ2) is 7.19. The second-order valence-electron chi connectivity index (χ2n) is 7.57. The molecule has 0 saturated carbocycles. The van der Waals surface area contributed by atoms with E-state index in [4.69, 9.17) is 4.74 Å². The Morgan fingerprint density at radius 2 is 1.93 bits per heavy atom. The van der Waals surface area contributed by atoms with Crippen LogP contribution in [0.3, 0.4) is 0 Å². The number of ether oxygens (including phenoxy) is 1. The molecule has 1 aromatic heterocycles. The number of rotatable bonds is 4. The molecular formula is C22H27N3O3. The summed E-state index contributed by atoms with van der Waals surface area (Å²) in [4.78, 5) is 30.0. The van der Waals surface area contributed by atoms with Crippen molar-refractivity contribution in [3.8, 4) is 0 Å². The molecule has 148 valence electrons. The number of likely N-dealkylation sites (N-methyl/N-ethyl adjacent to an activating group) is 1. The van der Waals surface area contributed by atoms with Gasteiger partial charge < -0.3 is 19.9 Å². The van der Waals surface area contributed by atoms with Crippen LogP contribution in [0.2, 0.25) is 0 Å². The Balaban J connectivity index is 1.87. The average Bonchev–Trinajstić information content (AvgIpc) is 3.01. The van der Waals surface area contributed by atoms with Crippen LogP contribution in [0, 0.1) is 13.8 Å². The number of carbonyl (C=O) groups excluding carboxylic acids is 2. The molecule has 6 heteroatoms. The number of aromatic nitrogens is 1. The number of fused-ring (bicyclic) bond motifs is 1. The highest BCUT2D eigenvalue weighted by molar-refractivity contribution is 6.02. The zero-order valence-electron chi connectivity index (χ0n) is 17.3.